The Balaban J connectivity index is 1.94. The van der Waals surface area contributed by atoms with Gasteiger partial charge in [0.05, 0.1) is 0 Å². The molecule has 2 aliphatic rings. The summed E-state index contributed by atoms with van der Waals surface area (Å²) in [6, 6.07) is 1.65. The van der Waals surface area contributed by atoms with Crippen LogP contribution in [0.2, 0.25) is 0 Å². The van der Waals surface area contributed by atoms with Crippen LogP contribution >= 0.6 is 0 Å². The van der Waals surface area contributed by atoms with Crippen LogP contribution in [0.4, 0.5) is 0 Å². The number of rotatable bonds is 4. The zero-order valence-electron chi connectivity index (χ0n) is 12.3. The van der Waals surface area contributed by atoms with E-state index >= 15 is 0 Å². The highest BCUT2D eigenvalue weighted by Crippen LogP contribution is 2.19. The van der Waals surface area contributed by atoms with Gasteiger partial charge in [-0.3, -0.25) is 9.80 Å². The molecule has 3 heteroatoms. The summed E-state index contributed by atoms with van der Waals surface area (Å²) in [6.07, 6.45) is 6.75. The fraction of sp³-hybridized carbons (Fsp3) is 1.00. The smallest absolute Gasteiger partial charge is 0.0223 e. The lowest BCUT2D eigenvalue weighted by atomic mass is 10.0. The Bertz CT molecular complexity index is 226. The van der Waals surface area contributed by atoms with Crippen LogP contribution in [0, 0.1) is 0 Å². The van der Waals surface area contributed by atoms with Gasteiger partial charge in [-0.25, -0.2) is 0 Å². The molecule has 0 aromatic carbocycles. The Hall–Kier alpha value is -0.120. The van der Waals surface area contributed by atoms with Crippen LogP contribution in [-0.4, -0.2) is 61.2 Å². The van der Waals surface area contributed by atoms with Crippen molar-refractivity contribution in [1.82, 2.24) is 15.1 Å². The van der Waals surface area contributed by atoms with Crippen molar-refractivity contribution in [1.29, 1.82) is 0 Å². The van der Waals surface area contributed by atoms with Gasteiger partial charge in [-0.1, -0.05) is 20.3 Å². The van der Waals surface area contributed by atoms with E-state index in [9.17, 15) is 0 Å². The third-order valence-electron chi connectivity index (χ3n) is 4.71. The van der Waals surface area contributed by atoms with Gasteiger partial charge in [0.15, 0.2) is 0 Å². The van der Waals surface area contributed by atoms with E-state index in [4.69, 9.17) is 0 Å². The van der Waals surface area contributed by atoms with Crippen molar-refractivity contribution in [2.24, 2.45) is 0 Å². The predicted molar refractivity (Wildman–Crippen MR) is 78.0 cm³/mol. The molecular weight excluding hydrogens is 222 g/mol. The quantitative estimate of drug-likeness (QED) is 0.826. The first-order valence-corrected chi connectivity index (χ1v) is 8.04. The van der Waals surface area contributed by atoms with Crippen LogP contribution in [0.3, 0.4) is 0 Å². The summed E-state index contributed by atoms with van der Waals surface area (Å²) in [6.45, 7) is 12.3. The van der Waals surface area contributed by atoms with Crippen molar-refractivity contribution in [2.75, 3.05) is 39.3 Å². The summed E-state index contributed by atoms with van der Waals surface area (Å²) in [4.78, 5) is 5.52. The van der Waals surface area contributed by atoms with Gasteiger partial charge in [-0.2, -0.15) is 0 Å². The van der Waals surface area contributed by atoms with Crippen LogP contribution < -0.4 is 5.32 Å². The highest BCUT2D eigenvalue weighted by atomic mass is 15.3. The Morgan fingerprint density at radius 1 is 1.11 bits per heavy atom. The molecule has 0 spiro atoms. The lowest BCUT2D eigenvalue weighted by Gasteiger charge is -2.37. The Morgan fingerprint density at radius 2 is 1.89 bits per heavy atom. The van der Waals surface area contributed by atoms with Crippen LogP contribution in [0.1, 0.15) is 46.0 Å². The lowest BCUT2D eigenvalue weighted by Crippen LogP contribution is -2.47. The van der Waals surface area contributed by atoms with Gasteiger partial charge >= 0.3 is 0 Å². The van der Waals surface area contributed by atoms with Crippen molar-refractivity contribution in [3.05, 3.63) is 0 Å². The van der Waals surface area contributed by atoms with E-state index < -0.39 is 0 Å². The monoisotopic (exact) mass is 253 g/mol. The third-order valence-corrected chi connectivity index (χ3v) is 4.71. The number of hydrogen-bond acceptors (Lipinski definition) is 3. The molecule has 2 saturated heterocycles. The molecule has 2 heterocycles. The molecule has 0 saturated carbocycles. The normalized spacial score (nSPS) is 29.3. The minimum absolute atomic E-state index is 0.803. The van der Waals surface area contributed by atoms with E-state index in [0.29, 0.717) is 0 Å². The van der Waals surface area contributed by atoms with Crippen molar-refractivity contribution in [3.8, 4) is 0 Å². The Labute approximate surface area is 113 Å². The maximum absolute atomic E-state index is 3.49. The van der Waals surface area contributed by atoms with Crippen molar-refractivity contribution in [3.63, 3.8) is 0 Å². The molecule has 1 unspecified atom stereocenters. The molecule has 0 aromatic heterocycles. The molecule has 0 aliphatic carbocycles. The molecule has 2 aliphatic heterocycles. The molecule has 0 aromatic rings. The maximum atomic E-state index is 3.49. The molecule has 1 atom stereocenters. The summed E-state index contributed by atoms with van der Waals surface area (Å²) in [7, 11) is 0. The highest BCUT2D eigenvalue weighted by Gasteiger charge is 2.28. The molecule has 1 N–H and O–H groups in total. The fourth-order valence-electron chi connectivity index (χ4n) is 3.66. The van der Waals surface area contributed by atoms with E-state index in [2.05, 4.69) is 29.0 Å². The topological polar surface area (TPSA) is 18.5 Å². The Kier molecular flexibility index (Phi) is 5.93. The SMILES string of the molecule is CCCC1CN(C2CCNCC2)CCCN1CC. The zero-order chi connectivity index (χ0) is 12.8. The van der Waals surface area contributed by atoms with E-state index in [1.165, 1.54) is 71.4 Å². The van der Waals surface area contributed by atoms with Gasteiger partial charge in [0.2, 0.25) is 0 Å². The second-order valence-corrected chi connectivity index (χ2v) is 5.90. The molecule has 0 amide bonds. The highest BCUT2D eigenvalue weighted by molar-refractivity contribution is 4.85. The van der Waals surface area contributed by atoms with Gasteiger partial charge < -0.3 is 5.32 Å². The van der Waals surface area contributed by atoms with Crippen LogP contribution in [0.25, 0.3) is 0 Å². The molecule has 106 valence electrons. The summed E-state index contributed by atoms with van der Waals surface area (Å²) in [5.41, 5.74) is 0. The van der Waals surface area contributed by atoms with Crippen LogP contribution in [0.5, 0.6) is 0 Å². The summed E-state index contributed by atoms with van der Waals surface area (Å²) < 4.78 is 0. The first-order valence-electron chi connectivity index (χ1n) is 8.04. The molecule has 3 nitrogen and oxygen atoms in total. The van der Waals surface area contributed by atoms with E-state index in [-0.39, 0.29) is 0 Å². The van der Waals surface area contributed by atoms with Gasteiger partial charge in [-0.15, -0.1) is 0 Å². The Morgan fingerprint density at radius 3 is 2.56 bits per heavy atom. The molecule has 2 fully saturated rings. The summed E-state index contributed by atoms with van der Waals surface area (Å²) in [5, 5.41) is 3.49. The molecular formula is C15H31N3. The minimum atomic E-state index is 0.803. The average molecular weight is 253 g/mol. The number of piperidine rings is 1. The van der Waals surface area contributed by atoms with Crippen molar-refractivity contribution in [2.45, 2.75) is 58.0 Å². The molecule has 0 radical (unpaired) electrons. The first-order chi connectivity index (χ1) is 8.85. The second kappa shape index (κ2) is 7.46. The number of nitrogens with one attached hydrogen (secondary N) is 1. The third kappa shape index (κ3) is 3.69. The molecule has 2 rings (SSSR count). The standard InChI is InChI=1S/C15H31N3/c1-3-6-15-13-18(12-5-11-17(15)4-2)14-7-9-16-10-8-14/h14-16H,3-13H2,1-2H3. The van der Waals surface area contributed by atoms with Crippen molar-refractivity contribution >= 4 is 0 Å². The summed E-state index contributed by atoms with van der Waals surface area (Å²) in [5.74, 6) is 0. The van der Waals surface area contributed by atoms with E-state index in [1.807, 2.05) is 0 Å². The average Bonchev–Trinajstić information content (AvgIpc) is 2.62. The number of nitrogens with zero attached hydrogens (tertiary/aromatic N) is 2. The maximum Gasteiger partial charge on any atom is 0.0223 e. The molecule has 0 bridgehead atoms. The number of hydrogen-bond donors (Lipinski definition) is 1. The minimum Gasteiger partial charge on any atom is -0.317 e. The second-order valence-electron chi connectivity index (χ2n) is 5.90. The predicted octanol–water partition coefficient (Wildman–Crippen LogP) is 1.93. The zero-order valence-corrected chi connectivity index (χ0v) is 12.3. The molecule has 18 heavy (non-hydrogen) atoms. The first kappa shape index (κ1) is 14.3. The lowest BCUT2D eigenvalue weighted by molar-refractivity contribution is 0.129. The largest absolute Gasteiger partial charge is 0.317 e. The van der Waals surface area contributed by atoms with Gasteiger partial charge in [0.1, 0.15) is 0 Å². The van der Waals surface area contributed by atoms with Gasteiger partial charge in [0, 0.05) is 18.6 Å². The van der Waals surface area contributed by atoms with Gasteiger partial charge in [-0.05, 0) is 58.4 Å². The fourth-order valence-corrected chi connectivity index (χ4v) is 3.66. The van der Waals surface area contributed by atoms with Crippen molar-refractivity contribution < 1.29 is 0 Å². The summed E-state index contributed by atoms with van der Waals surface area (Å²) >= 11 is 0. The van der Waals surface area contributed by atoms with Gasteiger partial charge in [0.25, 0.3) is 0 Å². The van der Waals surface area contributed by atoms with E-state index in [0.717, 1.165) is 12.1 Å². The number of likely N-dealkylation sites (N-methyl/N-ethyl adjacent to an activating group) is 1. The van der Waals surface area contributed by atoms with E-state index in [1.54, 1.807) is 0 Å². The van der Waals surface area contributed by atoms with Crippen LogP contribution in [-0.2, 0) is 0 Å². The van der Waals surface area contributed by atoms with Crippen LogP contribution in [0.15, 0.2) is 0 Å².